The average Bonchev–Trinajstić information content (AvgIpc) is 2.61. The van der Waals surface area contributed by atoms with Gasteiger partial charge in [-0.1, -0.05) is 0 Å². The number of rotatable bonds is 2. The summed E-state index contributed by atoms with van der Waals surface area (Å²) in [7, 11) is -1.69. The third kappa shape index (κ3) is 1.80. The molecule has 1 aromatic carbocycles. The topological polar surface area (TPSA) is 66.1 Å². The van der Waals surface area contributed by atoms with Gasteiger partial charge in [0, 0.05) is 7.05 Å². The summed E-state index contributed by atoms with van der Waals surface area (Å²) in [4.78, 5) is 6.99. The van der Waals surface area contributed by atoms with Crippen molar-refractivity contribution in [2.24, 2.45) is 0 Å². The number of imidazole rings is 1. The predicted molar refractivity (Wildman–Crippen MR) is 59.3 cm³/mol. The van der Waals surface area contributed by atoms with Crippen molar-refractivity contribution in [1.29, 1.82) is 0 Å². The van der Waals surface area contributed by atoms with Crippen molar-refractivity contribution >= 4 is 26.7 Å². The molecule has 15 heavy (non-hydrogen) atoms. The lowest BCUT2D eigenvalue weighted by atomic mass is 10.3. The van der Waals surface area contributed by atoms with Crippen LogP contribution in [-0.4, -0.2) is 31.7 Å². The van der Waals surface area contributed by atoms with Gasteiger partial charge in [-0.2, -0.15) is 0 Å². The van der Waals surface area contributed by atoms with Crippen molar-refractivity contribution in [3.05, 3.63) is 24.5 Å². The summed E-state index contributed by atoms with van der Waals surface area (Å²) in [5.74, 6) is 0. The molecule has 80 valence electrons. The first-order valence-electron chi connectivity index (χ1n) is 4.35. The Morgan fingerprint density at radius 2 is 2.13 bits per heavy atom. The standard InChI is InChI=1S/C9H11N3O2S/c1-12(15(2,13)14)7-3-4-8-9(5-7)11-6-10-8/h3-6H,1-2H3,(H,10,11). The summed E-state index contributed by atoms with van der Waals surface area (Å²) >= 11 is 0. The smallest absolute Gasteiger partial charge is 0.231 e. The number of aromatic amines is 1. The zero-order valence-electron chi connectivity index (χ0n) is 8.43. The van der Waals surface area contributed by atoms with Crippen LogP contribution in [0.2, 0.25) is 0 Å². The molecule has 1 N–H and O–H groups in total. The summed E-state index contributed by atoms with van der Waals surface area (Å²) in [6, 6.07) is 5.26. The van der Waals surface area contributed by atoms with Crippen LogP contribution in [0.3, 0.4) is 0 Å². The van der Waals surface area contributed by atoms with Gasteiger partial charge in [-0.25, -0.2) is 13.4 Å². The molecule has 6 heteroatoms. The minimum atomic E-state index is -3.21. The average molecular weight is 225 g/mol. The van der Waals surface area contributed by atoms with E-state index in [4.69, 9.17) is 0 Å². The molecule has 2 aromatic rings. The number of aromatic nitrogens is 2. The Balaban J connectivity index is 2.53. The second-order valence-electron chi connectivity index (χ2n) is 3.33. The number of H-pyrrole nitrogens is 1. The number of hydrogen-bond acceptors (Lipinski definition) is 3. The zero-order valence-corrected chi connectivity index (χ0v) is 9.25. The zero-order chi connectivity index (χ0) is 11.1. The fourth-order valence-corrected chi connectivity index (χ4v) is 1.81. The number of anilines is 1. The molecule has 0 fully saturated rings. The number of sulfonamides is 1. The van der Waals surface area contributed by atoms with Crippen molar-refractivity contribution in [1.82, 2.24) is 9.97 Å². The lowest BCUT2D eigenvalue weighted by molar-refractivity contribution is 0.600. The third-order valence-corrected chi connectivity index (χ3v) is 3.47. The van der Waals surface area contributed by atoms with E-state index in [-0.39, 0.29) is 0 Å². The summed E-state index contributed by atoms with van der Waals surface area (Å²) in [6.45, 7) is 0. The van der Waals surface area contributed by atoms with Crippen molar-refractivity contribution in [2.75, 3.05) is 17.6 Å². The van der Waals surface area contributed by atoms with Gasteiger partial charge >= 0.3 is 0 Å². The van der Waals surface area contributed by atoms with E-state index < -0.39 is 10.0 Å². The summed E-state index contributed by atoms with van der Waals surface area (Å²) in [5, 5.41) is 0. The molecular weight excluding hydrogens is 214 g/mol. The van der Waals surface area contributed by atoms with Gasteiger partial charge in [-0.3, -0.25) is 4.31 Å². The quantitative estimate of drug-likeness (QED) is 0.827. The van der Waals surface area contributed by atoms with Crippen molar-refractivity contribution in [3.63, 3.8) is 0 Å². The van der Waals surface area contributed by atoms with E-state index in [1.807, 2.05) is 0 Å². The first kappa shape index (κ1) is 9.97. The molecule has 0 aliphatic carbocycles. The monoisotopic (exact) mass is 225 g/mol. The Bertz CT molecular complexity index is 588. The fourth-order valence-electron chi connectivity index (χ4n) is 1.31. The Hall–Kier alpha value is -1.56. The molecule has 5 nitrogen and oxygen atoms in total. The van der Waals surface area contributed by atoms with E-state index in [1.54, 1.807) is 24.5 Å². The van der Waals surface area contributed by atoms with Crippen LogP contribution in [0.15, 0.2) is 24.5 Å². The third-order valence-electron chi connectivity index (χ3n) is 2.26. The fraction of sp³-hybridized carbons (Fsp3) is 0.222. The van der Waals surface area contributed by atoms with Gasteiger partial charge in [0.15, 0.2) is 0 Å². The van der Waals surface area contributed by atoms with Crippen molar-refractivity contribution in [3.8, 4) is 0 Å². The summed E-state index contributed by atoms with van der Waals surface area (Å²) in [5.41, 5.74) is 2.26. The lowest BCUT2D eigenvalue weighted by Crippen LogP contribution is -2.24. The molecular formula is C9H11N3O2S. The Kier molecular flexibility index (Phi) is 2.15. The SMILES string of the molecule is CN(c1ccc2nc[nH]c2c1)S(C)(=O)=O. The van der Waals surface area contributed by atoms with E-state index in [9.17, 15) is 8.42 Å². The molecule has 0 spiro atoms. The predicted octanol–water partition coefficient (Wildman–Crippen LogP) is 0.959. The normalized spacial score (nSPS) is 11.9. The maximum atomic E-state index is 11.3. The first-order chi connectivity index (χ1) is 6.98. The highest BCUT2D eigenvalue weighted by molar-refractivity contribution is 7.92. The maximum Gasteiger partial charge on any atom is 0.231 e. The number of nitrogens with zero attached hydrogens (tertiary/aromatic N) is 2. The second kappa shape index (κ2) is 3.23. The largest absolute Gasteiger partial charge is 0.345 e. The Morgan fingerprint density at radius 1 is 1.40 bits per heavy atom. The molecule has 2 rings (SSSR count). The van der Waals surface area contributed by atoms with Crippen LogP contribution in [0.4, 0.5) is 5.69 Å². The second-order valence-corrected chi connectivity index (χ2v) is 5.35. The number of fused-ring (bicyclic) bond motifs is 1. The number of hydrogen-bond donors (Lipinski definition) is 1. The molecule has 0 amide bonds. The highest BCUT2D eigenvalue weighted by atomic mass is 32.2. The Morgan fingerprint density at radius 3 is 2.80 bits per heavy atom. The Labute approximate surface area is 87.8 Å². The van der Waals surface area contributed by atoms with E-state index in [1.165, 1.54) is 17.6 Å². The molecule has 1 aromatic heterocycles. The molecule has 0 unspecified atom stereocenters. The van der Waals surface area contributed by atoms with Gasteiger partial charge in [0.1, 0.15) is 0 Å². The van der Waals surface area contributed by atoms with Crippen molar-refractivity contribution < 1.29 is 8.42 Å². The van der Waals surface area contributed by atoms with Crippen molar-refractivity contribution in [2.45, 2.75) is 0 Å². The van der Waals surface area contributed by atoms with Crippen LogP contribution in [-0.2, 0) is 10.0 Å². The van der Waals surface area contributed by atoms with Gasteiger partial charge < -0.3 is 4.98 Å². The van der Waals surface area contributed by atoms with E-state index in [0.717, 1.165) is 11.0 Å². The molecule has 0 aliphatic heterocycles. The van der Waals surface area contributed by atoms with Crippen LogP contribution in [0, 0.1) is 0 Å². The van der Waals surface area contributed by atoms with Crippen LogP contribution in [0.5, 0.6) is 0 Å². The number of benzene rings is 1. The minimum Gasteiger partial charge on any atom is -0.345 e. The molecule has 0 bridgehead atoms. The molecule has 0 aliphatic rings. The molecule has 0 saturated carbocycles. The maximum absolute atomic E-state index is 11.3. The van der Waals surface area contributed by atoms with Gasteiger partial charge in [-0.15, -0.1) is 0 Å². The van der Waals surface area contributed by atoms with Gasteiger partial charge in [0.05, 0.1) is 29.3 Å². The summed E-state index contributed by atoms with van der Waals surface area (Å²) < 4.78 is 23.8. The highest BCUT2D eigenvalue weighted by Crippen LogP contribution is 2.20. The van der Waals surface area contributed by atoms with Gasteiger partial charge in [0.25, 0.3) is 0 Å². The molecule has 0 radical (unpaired) electrons. The van der Waals surface area contributed by atoms with E-state index in [2.05, 4.69) is 9.97 Å². The van der Waals surface area contributed by atoms with Crippen LogP contribution >= 0.6 is 0 Å². The number of nitrogens with one attached hydrogen (secondary N) is 1. The lowest BCUT2D eigenvalue weighted by Gasteiger charge is -2.16. The summed E-state index contributed by atoms with van der Waals surface area (Å²) in [6.07, 6.45) is 2.75. The molecule has 0 atom stereocenters. The van der Waals surface area contributed by atoms with Crippen LogP contribution < -0.4 is 4.31 Å². The molecule has 0 saturated heterocycles. The minimum absolute atomic E-state index is 0.620. The first-order valence-corrected chi connectivity index (χ1v) is 6.20. The van der Waals surface area contributed by atoms with E-state index >= 15 is 0 Å². The van der Waals surface area contributed by atoms with Gasteiger partial charge in [0.2, 0.25) is 10.0 Å². The van der Waals surface area contributed by atoms with E-state index in [0.29, 0.717) is 5.69 Å². The highest BCUT2D eigenvalue weighted by Gasteiger charge is 2.12. The van der Waals surface area contributed by atoms with Crippen LogP contribution in [0.25, 0.3) is 11.0 Å². The molecule has 1 heterocycles. The van der Waals surface area contributed by atoms with Gasteiger partial charge in [-0.05, 0) is 18.2 Å². The van der Waals surface area contributed by atoms with Crippen LogP contribution in [0.1, 0.15) is 0 Å².